The molecule has 2 aromatic heterocycles. The zero-order valence-corrected chi connectivity index (χ0v) is 16.7. The van der Waals surface area contributed by atoms with Crippen LogP contribution in [0.5, 0.6) is 5.75 Å². The number of tetrazole rings is 1. The molecule has 9 heteroatoms. The summed E-state index contributed by atoms with van der Waals surface area (Å²) in [4.78, 5) is 1.35. The molecule has 0 unspecified atom stereocenters. The molecule has 0 aliphatic carbocycles. The van der Waals surface area contributed by atoms with Crippen molar-refractivity contribution >= 4 is 6.08 Å². The summed E-state index contributed by atoms with van der Waals surface area (Å²) in [6, 6.07) is 8.95. The van der Waals surface area contributed by atoms with E-state index in [1.807, 2.05) is 6.92 Å². The van der Waals surface area contributed by atoms with Crippen molar-refractivity contribution in [1.29, 1.82) is 0 Å². The highest BCUT2D eigenvalue weighted by Gasteiger charge is 2.47. The number of nitrogens with zero attached hydrogens (tertiary/aromatic N) is 6. The van der Waals surface area contributed by atoms with Crippen molar-refractivity contribution in [1.82, 2.24) is 35.7 Å². The zero-order chi connectivity index (χ0) is 20.9. The van der Waals surface area contributed by atoms with Gasteiger partial charge in [-0.2, -0.15) is 5.10 Å². The Morgan fingerprint density at radius 2 is 2.10 bits per heavy atom. The predicted octanol–water partition coefficient (Wildman–Crippen LogP) is 2.77. The molecule has 2 bridgehead atoms. The predicted molar refractivity (Wildman–Crippen MR) is 109 cm³/mol. The first kappa shape index (κ1) is 18.8. The van der Waals surface area contributed by atoms with Gasteiger partial charge in [0.15, 0.2) is 5.82 Å². The highest BCUT2D eigenvalue weighted by Crippen LogP contribution is 2.41. The van der Waals surface area contributed by atoms with Crippen LogP contribution in [-0.2, 0) is 0 Å². The average molecular weight is 407 g/mol. The van der Waals surface area contributed by atoms with Gasteiger partial charge in [0.25, 0.3) is 0 Å². The first-order valence-corrected chi connectivity index (χ1v) is 9.98. The molecule has 2 aliphatic heterocycles. The van der Waals surface area contributed by atoms with Crippen molar-refractivity contribution in [2.24, 2.45) is 0 Å². The molecule has 5 rings (SSSR count). The van der Waals surface area contributed by atoms with Crippen LogP contribution in [0.2, 0.25) is 0 Å². The van der Waals surface area contributed by atoms with Gasteiger partial charge in [-0.3, -0.25) is 0 Å². The summed E-state index contributed by atoms with van der Waals surface area (Å²) in [6.07, 6.45) is 3.32. The first-order chi connectivity index (χ1) is 14.4. The van der Waals surface area contributed by atoms with Crippen molar-refractivity contribution in [3.8, 4) is 22.7 Å². The number of aryl methyl sites for hydroxylation is 1. The summed E-state index contributed by atoms with van der Waals surface area (Å²) in [5.41, 5.74) is 2.56. The van der Waals surface area contributed by atoms with Crippen LogP contribution in [0.1, 0.15) is 37.7 Å². The Morgan fingerprint density at radius 1 is 1.23 bits per heavy atom. The highest BCUT2D eigenvalue weighted by molar-refractivity contribution is 5.68. The second kappa shape index (κ2) is 6.94. The van der Waals surface area contributed by atoms with Crippen LogP contribution < -0.4 is 5.32 Å². The van der Waals surface area contributed by atoms with Crippen LogP contribution in [0, 0.1) is 6.92 Å². The minimum atomic E-state index is -1.02. The third kappa shape index (κ3) is 3.24. The Morgan fingerprint density at radius 3 is 2.80 bits per heavy atom. The third-order valence-electron chi connectivity index (χ3n) is 5.93. The standard InChI is InChI=1S/C21H22FN7O/c1-12-24-28-29(27-12)16-4-5-17(19(30)11-16)18-6-3-15(25-26-18)10-13-9-14-7-8-21(2,23-14)20(13)22/h3-6,10-11,14,20,23,30H,7-9H2,1-2H3/b13-10+/t14-,20+,21+/m1/s1. The Balaban J connectivity index is 1.39. The minimum Gasteiger partial charge on any atom is -0.507 e. The third-order valence-corrected chi connectivity index (χ3v) is 5.93. The van der Waals surface area contributed by atoms with Crippen molar-refractivity contribution in [3.63, 3.8) is 0 Å². The van der Waals surface area contributed by atoms with Crippen molar-refractivity contribution in [3.05, 3.63) is 47.4 Å². The summed E-state index contributed by atoms with van der Waals surface area (Å²) < 4.78 is 15.0. The normalized spacial score (nSPS) is 27.0. The molecule has 30 heavy (non-hydrogen) atoms. The van der Waals surface area contributed by atoms with Gasteiger partial charge in [-0.1, -0.05) is 0 Å². The second-order valence-corrected chi connectivity index (χ2v) is 8.25. The number of aromatic nitrogens is 6. The van der Waals surface area contributed by atoms with Crippen LogP contribution in [0.4, 0.5) is 4.39 Å². The van der Waals surface area contributed by atoms with E-state index in [1.165, 1.54) is 4.80 Å². The summed E-state index contributed by atoms with van der Waals surface area (Å²) in [5, 5.41) is 34.2. The van der Waals surface area contributed by atoms with E-state index in [0.717, 1.165) is 18.4 Å². The Kier molecular flexibility index (Phi) is 4.35. The fraction of sp³-hybridized carbons (Fsp3) is 0.381. The SMILES string of the molecule is Cc1nnn(-c2ccc(-c3ccc(/C=C4\C[C@H]5CC[C@](C)(N5)[C@H]4F)nn3)c(O)c2)n1. The summed E-state index contributed by atoms with van der Waals surface area (Å²) in [5.74, 6) is 0.579. The van der Waals surface area contributed by atoms with E-state index < -0.39 is 11.7 Å². The fourth-order valence-corrected chi connectivity index (χ4v) is 4.37. The maximum Gasteiger partial charge on any atom is 0.172 e. The molecule has 3 atom stereocenters. The topological polar surface area (TPSA) is 102 Å². The number of benzene rings is 1. The molecule has 4 heterocycles. The number of alkyl halides is 1. The molecular weight excluding hydrogens is 385 g/mol. The lowest BCUT2D eigenvalue weighted by Gasteiger charge is -2.36. The number of rotatable bonds is 3. The highest BCUT2D eigenvalue weighted by atomic mass is 19.1. The number of phenols is 1. The Bertz CT molecular complexity index is 1130. The van der Waals surface area contributed by atoms with E-state index >= 15 is 0 Å². The number of hydrogen-bond donors (Lipinski definition) is 2. The molecular formula is C21H22FN7O. The van der Waals surface area contributed by atoms with E-state index in [1.54, 1.807) is 43.3 Å². The fourth-order valence-electron chi connectivity index (χ4n) is 4.37. The summed E-state index contributed by atoms with van der Waals surface area (Å²) in [6.45, 7) is 3.69. The van der Waals surface area contributed by atoms with Crippen molar-refractivity contribution in [2.45, 2.75) is 50.9 Å². The lowest BCUT2D eigenvalue weighted by molar-refractivity contribution is 0.186. The van der Waals surface area contributed by atoms with Gasteiger partial charge in [-0.05, 0) is 74.2 Å². The molecule has 0 spiro atoms. The molecule has 2 saturated heterocycles. The molecule has 8 nitrogen and oxygen atoms in total. The summed E-state index contributed by atoms with van der Waals surface area (Å²) in [7, 11) is 0. The lowest BCUT2D eigenvalue weighted by atomic mass is 9.86. The van der Waals surface area contributed by atoms with Crippen LogP contribution in [0.3, 0.4) is 0 Å². The van der Waals surface area contributed by atoms with Gasteiger partial charge in [0.1, 0.15) is 11.9 Å². The number of hydrogen-bond acceptors (Lipinski definition) is 7. The molecule has 2 fully saturated rings. The van der Waals surface area contributed by atoms with Crippen LogP contribution in [-0.4, -0.2) is 53.3 Å². The van der Waals surface area contributed by atoms with Gasteiger partial charge >= 0.3 is 0 Å². The van der Waals surface area contributed by atoms with Crippen LogP contribution in [0.15, 0.2) is 35.9 Å². The minimum absolute atomic E-state index is 0.0366. The molecule has 2 N–H and O–H groups in total. The smallest absolute Gasteiger partial charge is 0.172 e. The molecule has 0 amide bonds. The monoisotopic (exact) mass is 407 g/mol. The van der Waals surface area contributed by atoms with E-state index in [4.69, 9.17) is 0 Å². The van der Waals surface area contributed by atoms with Crippen LogP contribution >= 0.6 is 0 Å². The lowest BCUT2D eigenvalue weighted by Crippen LogP contribution is -2.52. The Labute approximate surface area is 172 Å². The van der Waals surface area contributed by atoms with Gasteiger partial charge in [-0.25, -0.2) is 4.39 Å². The molecule has 154 valence electrons. The van der Waals surface area contributed by atoms with Gasteiger partial charge in [0, 0.05) is 17.7 Å². The second-order valence-electron chi connectivity index (χ2n) is 8.25. The van der Waals surface area contributed by atoms with Crippen molar-refractivity contribution in [2.75, 3.05) is 0 Å². The number of halogens is 1. The van der Waals surface area contributed by atoms with E-state index in [2.05, 4.69) is 30.9 Å². The van der Waals surface area contributed by atoms with Crippen LogP contribution in [0.25, 0.3) is 23.0 Å². The van der Waals surface area contributed by atoms with Gasteiger partial charge in [0.05, 0.1) is 22.6 Å². The van der Waals surface area contributed by atoms with E-state index in [-0.39, 0.29) is 5.75 Å². The number of piperidine rings is 1. The summed E-state index contributed by atoms with van der Waals surface area (Å²) >= 11 is 0. The van der Waals surface area contributed by atoms with Gasteiger partial charge < -0.3 is 10.4 Å². The molecule has 2 aliphatic rings. The number of nitrogens with one attached hydrogen (secondary N) is 1. The molecule has 1 aromatic carbocycles. The number of phenolic OH excluding ortho intramolecular Hbond substituents is 1. The maximum atomic E-state index is 15.0. The van der Waals surface area contributed by atoms with Crippen molar-refractivity contribution < 1.29 is 9.50 Å². The molecule has 3 aromatic rings. The first-order valence-electron chi connectivity index (χ1n) is 9.98. The van der Waals surface area contributed by atoms with E-state index in [0.29, 0.717) is 40.9 Å². The Hall–Kier alpha value is -3.20. The average Bonchev–Trinajstić information content (AvgIpc) is 3.31. The van der Waals surface area contributed by atoms with E-state index in [9.17, 15) is 9.50 Å². The zero-order valence-electron chi connectivity index (χ0n) is 16.7. The quantitative estimate of drug-likeness (QED) is 0.688. The number of fused-ring (bicyclic) bond motifs is 2. The van der Waals surface area contributed by atoms with Gasteiger partial charge in [-0.15, -0.1) is 20.1 Å². The van der Waals surface area contributed by atoms with Gasteiger partial charge in [0.2, 0.25) is 0 Å². The maximum absolute atomic E-state index is 15.0. The number of aromatic hydroxyl groups is 1. The largest absolute Gasteiger partial charge is 0.507 e. The molecule has 0 saturated carbocycles. The molecule has 0 radical (unpaired) electrons.